The van der Waals surface area contributed by atoms with Crippen molar-refractivity contribution in [3.63, 3.8) is 0 Å². The van der Waals surface area contributed by atoms with Gasteiger partial charge in [-0.1, -0.05) is 24.3 Å². The highest BCUT2D eigenvalue weighted by Gasteiger charge is 2.31. The largest absolute Gasteiger partial charge is 0.497 e. The molecular formula is C23H26N4O4S. The van der Waals surface area contributed by atoms with Gasteiger partial charge >= 0.3 is 0 Å². The molecule has 8 nitrogen and oxygen atoms in total. The van der Waals surface area contributed by atoms with Crippen LogP contribution < -0.4 is 14.4 Å². The first-order valence-electron chi connectivity index (χ1n) is 10.3. The Hall–Kier alpha value is -3.17. The summed E-state index contributed by atoms with van der Waals surface area (Å²) in [4.78, 5) is 11.0. The van der Waals surface area contributed by atoms with Crippen LogP contribution in [-0.2, 0) is 10.0 Å². The summed E-state index contributed by atoms with van der Waals surface area (Å²) < 4.78 is 38.6. The summed E-state index contributed by atoms with van der Waals surface area (Å²) in [5, 5.41) is 0. The highest BCUT2D eigenvalue weighted by Crippen LogP contribution is 2.31. The molecule has 0 atom stereocenters. The number of hydrogen-bond acceptors (Lipinski definition) is 7. The van der Waals surface area contributed by atoms with Gasteiger partial charge in [0.05, 0.1) is 19.9 Å². The Labute approximate surface area is 188 Å². The zero-order valence-electron chi connectivity index (χ0n) is 18.4. The molecule has 0 aliphatic carbocycles. The van der Waals surface area contributed by atoms with Crippen LogP contribution in [0.3, 0.4) is 0 Å². The summed E-state index contributed by atoms with van der Waals surface area (Å²) in [6.07, 6.45) is 1.56. The molecule has 2 aromatic carbocycles. The van der Waals surface area contributed by atoms with E-state index in [0.717, 1.165) is 22.6 Å². The number of hydrogen-bond donors (Lipinski definition) is 0. The van der Waals surface area contributed by atoms with E-state index < -0.39 is 10.0 Å². The van der Waals surface area contributed by atoms with E-state index in [4.69, 9.17) is 9.47 Å². The summed E-state index contributed by atoms with van der Waals surface area (Å²) in [6, 6.07) is 14.8. The van der Waals surface area contributed by atoms with Crippen LogP contribution in [0, 0.1) is 6.92 Å². The number of ether oxygens (including phenoxy) is 2. The maximum absolute atomic E-state index is 13.3. The number of sulfonamides is 1. The van der Waals surface area contributed by atoms with Gasteiger partial charge in [0.25, 0.3) is 0 Å². The second kappa shape index (κ2) is 9.13. The number of aromatic nitrogens is 2. The van der Waals surface area contributed by atoms with E-state index in [1.165, 1.54) is 24.6 Å². The second-order valence-corrected chi connectivity index (χ2v) is 9.39. The molecule has 0 unspecified atom stereocenters. The van der Waals surface area contributed by atoms with Gasteiger partial charge in [0.15, 0.2) is 0 Å². The Morgan fingerprint density at radius 3 is 2.34 bits per heavy atom. The Kier molecular flexibility index (Phi) is 6.29. The fourth-order valence-electron chi connectivity index (χ4n) is 3.81. The molecule has 1 aliphatic heterocycles. The van der Waals surface area contributed by atoms with Crippen LogP contribution in [0.1, 0.15) is 5.56 Å². The molecule has 9 heteroatoms. The summed E-state index contributed by atoms with van der Waals surface area (Å²) in [5.41, 5.74) is 3.05. The van der Waals surface area contributed by atoms with E-state index in [1.54, 1.807) is 18.5 Å². The highest BCUT2D eigenvalue weighted by molar-refractivity contribution is 7.89. The van der Waals surface area contributed by atoms with Crippen LogP contribution in [-0.4, -0.2) is 63.1 Å². The number of benzene rings is 2. The molecule has 32 heavy (non-hydrogen) atoms. The number of aryl methyl sites for hydroxylation is 1. The monoisotopic (exact) mass is 454 g/mol. The van der Waals surface area contributed by atoms with Gasteiger partial charge < -0.3 is 14.4 Å². The molecule has 1 fully saturated rings. The van der Waals surface area contributed by atoms with Crippen molar-refractivity contribution in [2.75, 3.05) is 45.3 Å². The van der Waals surface area contributed by atoms with Crippen LogP contribution in [0.25, 0.3) is 11.3 Å². The van der Waals surface area contributed by atoms with E-state index in [9.17, 15) is 8.42 Å². The zero-order chi connectivity index (χ0) is 22.7. The first-order chi connectivity index (χ1) is 15.4. The van der Waals surface area contributed by atoms with E-state index in [0.29, 0.717) is 37.7 Å². The average Bonchev–Trinajstić information content (AvgIpc) is 2.84. The molecule has 0 saturated carbocycles. The fourth-order valence-corrected chi connectivity index (χ4v) is 5.40. The summed E-state index contributed by atoms with van der Waals surface area (Å²) in [7, 11) is -0.769. The molecule has 1 aromatic heterocycles. The summed E-state index contributed by atoms with van der Waals surface area (Å²) >= 11 is 0. The molecule has 1 saturated heterocycles. The van der Waals surface area contributed by atoms with Crippen molar-refractivity contribution in [2.45, 2.75) is 11.8 Å². The summed E-state index contributed by atoms with van der Waals surface area (Å²) in [5.74, 6) is 1.55. The SMILES string of the molecule is COc1ccc(OC)c(S(=O)(=O)N2CCN(c3cc(-c4ccccc4C)ncn3)CC2)c1. The van der Waals surface area contributed by atoms with Crippen molar-refractivity contribution in [1.29, 1.82) is 0 Å². The molecular weight excluding hydrogens is 428 g/mol. The number of nitrogens with zero attached hydrogens (tertiary/aromatic N) is 4. The van der Waals surface area contributed by atoms with Gasteiger partial charge in [-0.2, -0.15) is 4.31 Å². The summed E-state index contributed by atoms with van der Waals surface area (Å²) in [6.45, 7) is 3.78. The lowest BCUT2D eigenvalue weighted by Crippen LogP contribution is -2.49. The fraction of sp³-hybridized carbons (Fsp3) is 0.304. The van der Waals surface area contributed by atoms with E-state index >= 15 is 0 Å². The van der Waals surface area contributed by atoms with Gasteiger partial charge in [-0.15, -0.1) is 0 Å². The van der Waals surface area contributed by atoms with Crippen molar-refractivity contribution < 1.29 is 17.9 Å². The van der Waals surface area contributed by atoms with Crippen molar-refractivity contribution >= 4 is 15.8 Å². The van der Waals surface area contributed by atoms with Crippen LogP contribution in [0.15, 0.2) is 59.8 Å². The zero-order valence-corrected chi connectivity index (χ0v) is 19.2. The van der Waals surface area contributed by atoms with Crippen LogP contribution >= 0.6 is 0 Å². The molecule has 0 radical (unpaired) electrons. The smallest absolute Gasteiger partial charge is 0.247 e. The first-order valence-corrected chi connectivity index (χ1v) is 11.7. The second-order valence-electron chi connectivity index (χ2n) is 7.48. The van der Waals surface area contributed by atoms with E-state index in [2.05, 4.69) is 14.9 Å². The third kappa shape index (κ3) is 4.26. The molecule has 4 rings (SSSR count). The molecule has 0 N–H and O–H groups in total. The van der Waals surface area contributed by atoms with Crippen LogP contribution in [0.2, 0.25) is 0 Å². The lowest BCUT2D eigenvalue weighted by Gasteiger charge is -2.35. The standard InChI is InChI=1S/C23H26N4O4S/c1-17-6-4-5-7-19(17)20-15-23(25-16-24-20)26-10-12-27(13-11-26)32(28,29)22-14-18(30-2)8-9-21(22)31-3/h4-9,14-16H,10-13H2,1-3H3. The molecule has 1 aliphatic rings. The average molecular weight is 455 g/mol. The lowest BCUT2D eigenvalue weighted by molar-refractivity contribution is 0.370. The molecule has 168 valence electrons. The number of rotatable bonds is 6. The molecule has 0 bridgehead atoms. The topological polar surface area (TPSA) is 84.9 Å². The number of methoxy groups -OCH3 is 2. The van der Waals surface area contributed by atoms with Crippen LogP contribution in [0.5, 0.6) is 11.5 Å². The molecule has 2 heterocycles. The maximum Gasteiger partial charge on any atom is 0.247 e. The van der Waals surface area contributed by atoms with Gasteiger partial charge in [0.2, 0.25) is 10.0 Å². The molecule has 0 amide bonds. The van der Waals surface area contributed by atoms with Gasteiger partial charge in [-0.25, -0.2) is 18.4 Å². The third-order valence-electron chi connectivity index (χ3n) is 5.62. The van der Waals surface area contributed by atoms with E-state index in [-0.39, 0.29) is 4.90 Å². The maximum atomic E-state index is 13.3. The predicted octanol–water partition coefficient (Wildman–Crippen LogP) is 2.98. The Bertz CT molecular complexity index is 1210. The van der Waals surface area contributed by atoms with Crippen molar-refractivity contribution in [3.05, 3.63) is 60.4 Å². The minimum Gasteiger partial charge on any atom is -0.497 e. The molecule has 0 spiro atoms. The predicted molar refractivity (Wildman–Crippen MR) is 123 cm³/mol. The lowest BCUT2D eigenvalue weighted by atomic mass is 10.1. The third-order valence-corrected chi connectivity index (χ3v) is 7.54. The quantitative estimate of drug-likeness (QED) is 0.566. The minimum absolute atomic E-state index is 0.108. The Morgan fingerprint density at radius 2 is 1.66 bits per heavy atom. The van der Waals surface area contributed by atoms with Crippen LogP contribution in [0.4, 0.5) is 5.82 Å². The molecule has 3 aromatic rings. The van der Waals surface area contributed by atoms with E-state index in [1.807, 2.05) is 37.3 Å². The van der Waals surface area contributed by atoms with Crippen molar-refractivity contribution in [1.82, 2.24) is 14.3 Å². The minimum atomic E-state index is -3.73. The number of anilines is 1. The Balaban J connectivity index is 1.53. The normalized spacial score (nSPS) is 14.9. The van der Waals surface area contributed by atoms with Crippen molar-refractivity contribution in [2.24, 2.45) is 0 Å². The Morgan fingerprint density at radius 1 is 0.906 bits per heavy atom. The van der Waals surface area contributed by atoms with Gasteiger partial charge in [0.1, 0.15) is 28.5 Å². The van der Waals surface area contributed by atoms with Gasteiger partial charge in [-0.05, 0) is 24.6 Å². The van der Waals surface area contributed by atoms with Crippen molar-refractivity contribution in [3.8, 4) is 22.8 Å². The van der Waals surface area contributed by atoms with Gasteiger partial charge in [0, 0.05) is 43.9 Å². The van der Waals surface area contributed by atoms with Gasteiger partial charge in [-0.3, -0.25) is 0 Å². The first kappa shape index (κ1) is 22.0. The number of piperazine rings is 1. The highest BCUT2D eigenvalue weighted by atomic mass is 32.2.